The van der Waals surface area contributed by atoms with Crippen molar-refractivity contribution < 1.29 is 15.3 Å². The van der Waals surface area contributed by atoms with Gasteiger partial charge in [0, 0.05) is 72.6 Å². The summed E-state index contributed by atoms with van der Waals surface area (Å²) in [5.74, 6) is 0.817. The van der Waals surface area contributed by atoms with E-state index in [9.17, 15) is 15.3 Å². The lowest BCUT2D eigenvalue weighted by Crippen LogP contribution is -2.18. The summed E-state index contributed by atoms with van der Waals surface area (Å²) in [6, 6.07) is 11.9. The van der Waals surface area contributed by atoms with E-state index in [2.05, 4.69) is 16.0 Å². The lowest BCUT2D eigenvalue weighted by molar-refractivity contribution is 0.442. The Morgan fingerprint density at radius 2 is 0.606 bits per heavy atom. The van der Waals surface area contributed by atoms with Crippen molar-refractivity contribution in [2.75, 3.05) is 0 Å². The van der Waals surface area contributed by atoms with E-state index in [0.29, 0.717) is 39.3 Å². The van der Waals surface area contributed by atoms with Crippen LogP contribution in [0.25, 0.3) is 0 Å². The molecule has 1 aliphatic rings. The van der Waals surface area contributed by atoms with E-state index in [4.69, 9.17) is 0 Å². The topological polar surface area (TPSA) is 96.8 Å². The number of aryl methyl sites for hydroxylation is 3. The molecule has 6 heteroatoms. The van der Waals surface area contributed by atoms with Crippen LogP contribution in [0, 0.1) is 20.8 Å². The molecule has 0 spiro atoms. The molecular formula is C27H33N3O3. The Labute approximate surface area is 195 Å². The zero-order chi connectivity index (χ0) is 23.5. The molecular weight excluding hydrogens is 414 g/mol. The Morgan fingerprint density at radius 3 is 0.788 bits per heavy atom. The number of nitrogens with one attached hydrogen (secondary N) is 3. The molecule has 0 amide bonds. The van der Waals surface area contributed by atoms with Gasteiger partial charge in [0.05, 0.1) is 0 Å². The maximum Gasteiger partial charge on any atom is 0.124 e. The third kappa shape index (κ3) is 5.30. The van der Waals surface area contributed by atoms with Crippen molar-refractivity contribution >= 4 is 0 Å². The zero-order valence-electron chi connectivity index (χ0n) is 19.5. The van der Waals surface area contributed by atoms with E-state index >= 15 is 0 Å². The summed E-state index contributed by atoms with van der Waals surface area (Å²) in [4.78, 5) is 0. The highest BCUT2D eigenvalue weighted by molar-refractivity contribution is 5.46. The summed E-state index contributed by atoms with van der Waals surface area (Å²) in [5.41, 5.74) is 8.15. The van der Waals surface area contributed by atoms with Gasteiger partial charge in [-0.05, 0) is 20.8 Å². The maximum absolute atomic E-state index is 10.9. The lowest BCUT2D eigenvalue weighted by atomic mass is 10.0. The average Bonchev–Trinajstić information content (AvgIpc) is 2.76. The summed E-state index contributed by atoms with van der Waals surface area (Å²) in [6.07, 6.45) is 0. The molecule has 1 heterocycles. The molecule has 0 unspecified atom stereocenters. The molecule has 0 fully saturated rings. The summed E-state index contributed by atoms with van der Waals surface area (Å²) < 4.78 is 0. The van der Waals surface area contributed by atoms with Gasteiger partial charge in [0.15, 0.2) is 0 Å². The van der Waals surface area contributed by atoms with Gasteiger partial charge in [0.1, 0.15) is 17.2 Å². The number of benzene rings is 3. The molecule has 0 saturated heterocycles. The van der Waals surface area contributed by atoms with Crippen molar-refractivity contribution in [2.24, 2.45) is 0 Å². The largest absolute Gasteiger partial charge is 0.507 e. The molecule has 6 nitrogen and oxygen atoms in total. The Balaban J connectivity index is 1.71. The fourth-order valence-electron chi connectivity index (χ4n) is 4.61. The highest BCUT2D eigenvalue weighted by Crippen LogP contribution is 2.29. The van der Waals surface area contributed by atoms with Crippen LogP contribution in [0.2, 0.25) is 0 Å². The predicted molar refractivity (Wildman–Crippen MR) is 130 cm³/mol. The minimum Gasteiger partial charge on any atom is -0.507 e. The Bertz CT molecular complexity index is 952. The Morgan fingerprint density at radius 1 is 0.424 bits per heavy atom. The molecule has 6 N–H and O–H groups in total. The molecule has 1 aliphatic heterocycles. The summed E-state index contributed by atoms with van der Waals surface area (Å²) >= 11 is 0. The van der Waals surface area contributed by atoms with Gasteiger partial charge in [-0.3, -0.25) is 0 Å². The first-order chi connectivity index (χ1) is 15.8. The summed E-state index contributed by atoms with van der Waals surface area (Å²) in [7, 11) is 0. The van der Waals surface area contributed by atoms with Crippen LogP contribution in [0.3, 0.4) is 0 Å². The maximum atomic E-state index is 10.9. The van der Waals surface area contributed by atoms with Crippen LogP contribution in [0.5, 0.6) is 17.2 Å². The quantitative estimate of drug-likeness (QED) is 0.313. The van der Waals surface area contributed by atoms with Crippen LogP contribution in [0.4, 0.5) is 0 Å². The number of fused-ring (bicyclic) bond motifs is 6. The van der Waals surface area contributed by atoms with Crippen LogP contribution in [-0.4, -0.2) is 15.3 Å². The standard InChI is InChI=1S/C27H33N3O3/c1-16-4-19-10-28-12-21-6-17(2)8-23(26(21)32)14-30-15-24-9-18(3)7-22(27(24)33)13-29-11-20(5-16)25(19)31/h4-9,28-33H,10-15H2,1-3H3. The van der Waals surface area contributed by atoms with Crippen LogP contribution in [0.1, 0.15) is 50.1 Å². The van der Waals surface area contributed by atoms with Gasteiger partial charge in [0.2, 0.25) is 0 Å². The molecule has 33 heavy (non-hydrogen) atoms. The predicted octanol–water partition coefficient (Wildman–Crippen LogP) is 3.91. The molecule has 0 aromatic heterocycles. The number of rotatable bonds is 0. The molecule has 3 aromatic carbocycles. The van der Waals surface area contributed by atoms with Crippen molar-refractivity contribution in [3.63, 3.8) is 0 Å². The minimum atomic E-state index is 0.272. The second-order valence-corrected chi connectivity index (χ2v) is 9.11. The monoisotopic (exact) mass is 447 g/mol. The lowest BCUT2D eigenvalue weighted by Gasteiger charge is -2.17. The fourth-order valence-corrected chi connectivity index (χ4v) is 4.61. The second-order valence-electron chi connectivity index (χ2n) is 9.11. The van der Waals surface area contributed by atoms with Crippen molar-refractivity contribution in [2.45, 2.75) is 60.0 Å². The van der Waals surface area contributed by atoms with Crippen LogP contribution in [0.15, 0.2) is 36.4 Å². The molecule has 0 radical (unpaired) electrons. The molecule has 0 aliphatic carbocycles. The molecule has 4 rings (SSSR count). The minimum absolute atomic E-state index is 0.272. The van der Waals surface area contributed by atoms with Gasteiger partial charge in [-0.25, -0.2) is 0 Å². The van der Waals surface area contributed by atoms with Gasteiger partial charge >= 0.3 is 0 Å². The van der Waals surface area contributed by atoms with E-state index < -0.39 is 0 Å². The molecule has 6 bridgehead atoms. The smallest absolute Gasteiger partial charge is 0.124 e. The van der Waals surface area contributed by atoms with Crippen molar-refractivity contribution in [1.29, 1.82) is 0 Å². The first kappa shape index (κ1) is 23.1. The Hall–Kier alpha value is -3.06. The zero-order valence-corrected chi connectivity index (χ0v) is 19.5. The van der Waals surface area contributed by atoms with Crippen molar-refractivity contribution in [3.05, 3.63) is 86.5 Å². The van der Waals surface area contributed by atoms with Crippen LogP contribution >= 0.6 is 0 Å². The van der Waals surface area contributed by atoms with E-state index in [-0.39, 0.29) is 17.2 Å². The van der Waals surface area contributed by atoms with Crippen molar-refractivity contribution in [3.8, 4) is 17.2 Å². The fraction of sp³-hybridized carbons (Fsp3) is 0.333. The number of aromatic hydroxyl groups is 3. The third-order valence-electron chi connectivity index (χ3n) is 6.13. The van der Waals surface area contributed by atoms with Gasteiger partial charge in [-0.1, -0.05) is 53.1 Å². The Kier molecular flexibility index (Phi) is 6.88. The van der Waals surface area contributed by atoms with Gasteiger partial charge in [-0.2, -0.15) is 0 Å². The van der Waals surface area contributed by atoms with Crippen LogP contribution in [-0.2, 0) is 39.3 Å². The van der Waals surface area contributed by atoms with E-state index in [1.54, 1.807) is 0 Å². The van der Waals surface area contributed by atoms with E-state index in [1.807, 2.05) is 57.2 Å². The molecule has 0 saturated carbocycles. The second kappa shape index (κ2) is 9.83. The van der Waals surface area contributed by atoms with Crippen molar-refractivity contribution in [1.82, 2.24) is 16.0 Å². The molecule has 0 atom stereocenters. The number of hydrogen-bond donors (Lipinski definition) is 6. The normalized spacial score (nSPS) is 15.0. The van der Waals surface area contributed by atoms with Gasteiger partial charge < -0.3 is 31.3 Å². The number of hydrogen-bond acceptors (Lipinski definition) is 6. The van der Waals surface area contributed by atoms with E-state index in [1.165, 1.54) is 0 Å². The molecule has 174 valence electrons. The summed E-state index contributed by atoms with van der Waals surface area (Å²) in [5, 5.41) is 42.7. The number of phenols is 3. The average molecular weight is 448 g/mol. The summed E-state index contributed by atoms with van der Waals surface area (Å²) in [6.45, 7) is 8.99. The first-order valence-electron chi connectivity index (χ1n) is 11.4. The first-order valence-corrected chi connectivity index (χ1v) is 11.4. The van der Waals surface area contributed by atoms with Gasteiger partial charge in [0.25, 0.3) is 0 Å². The molecule has 3 aromatic rings. The third-order valence-corrected chi connectivity index (χ3v) is 6.13. The highest BCUT2D eigenvalue weighted by Gasteiger charge is 2.14. The SMILES string of the molecule is Cc1cc2c(O)c(c1)CNCc1cc(C)cc(c1O)CNCc1cc(C)cc(c1O)CNC2. The van der Waals surface area contributed by atoms with Crippen LogP contribution < -0.4 is 16.0 Å². The number of phenolic OH excluding ortho intramolecular Hbond substituents is 3. The van der Waals surface area contributed by atoms with E-state index in [0.717, 1.165) is 50.1 Å². The van der Waals surface area contributed by atoms with Gasteiger partial charge in [-0.15, -0.1) is 0 Å². The highest BCUT2D eigenvalue weighted by atomic mass is 16.3.